The zero-order valence-electron chi connectivity index (χ0n) is 10.2. The van der Waals surface area contributed by atoms with Crippen molar-refractivity contribution in [2.75, 3.05) is 0 Å². The van der Waals surface area contributed by atoms with Gasteiger partial charge in [-0.3, -0.25) is 0 Å². The molecule has 0 bridgehead atoms. The van der Waals surface area contributed by atoms with E-state index in [4.69, 9.17) is 11.6 Å². The molecule has 2 aromatic carbocycles. The minimum absolute atomic E-state index is 0.328. The monoisotopic (exact) mass is 323 g/mol. The highest BCUT2D eigenvalue weighted by Crippen LogP contribution is 2.17. The van der Waals surface area contributed by atoms with Crippen LogP contribution in [0.15, 0.2) is 53.0 Å². The molecule has 0 aliphatic rings. The molecule has 0 aromatic heterocycles. The topological polar surface area (TPSA) is 12.0 Å². The van der Waals surface area contributed by atoms with Crippen LogP contribution in [-0.4, -0.2) is 0 Å². The summed E-state index contributed by atoms with van der Waals surface area (Å²) in [6, 6.07) is 16.6. The van der Waals surface area contributed by atoms with Crippen molar-refractivity contribution in [3.05, 3.63) is 69.2 Å². The lowest BCUT2D eigenvalue weighted by atomic mass is 10.1. The first kappa shape index (κ1) is 13.6. The number of nitrogens with one attached hydrogen (secondary N) is 1. The molecule has 0 saturated heterocycles. The number of halogens is 2. The fourth-order valence-corrected chi connectivity index (χ4v) is 2.13. The van der Waals surface area contributed by atoms with Gasteiger partial charge in [0.1, 0.15) is 0 Å². The maximum atomic E-state index is 5.86. The predicted molar refractivity (Wildman–Crippen MR) is 80.8 cm³/mol. The second kappa shape index (κ2) is 6.37. The summed E-state index contributed by atoms with van der Waals surface area (Å²) in [4.78, 5) is 0. The third kappa shape index (κ3) is 3.84. The van der Waals surface area contributed by atoms with Crippen LogP contribution in [0.3, 0.4) is 0 Å². The Morgan fingerprint density at radius 2 is 1.67 bits per heavy atom. The Morgan fingerprint density at radius 1 is 1.06 bits per heavy atom. The molecule has 0 aliphatic carbocycles. The Kier molecular flexibility index (Phi) is 4.81. The minimum Gasteiger partial charge on any atom is -0.306 e. The fourth-order valence-electron chi connectivity index (χ4n) is 1.74. The van der Waals surface area contributed by atoms with Gasteiger partial charge in [0.2, 0.25) is 0 Å². The van der Waals surface area contributed by atoms with Crippen molar-refractivity contribution in [1.29, 1.82) is 0 Å². The highest BCUT2D eigenvalue weighted by molar-refractivity contribution is 9.10. The van der Waals surface area contributed by atoms with Crippen LogP contribution in [0.1, 0.15) is 24.1 Å². The van der Waals surface area contributed by atoms with Gasteiger partial charge in [0, 0.05) is 22.1 Å². The van der Waals surface area contributed by atoms with Gasteiger partial charge in [0.05, 0.1) is 0 Å². The molecule has 0 aliphatic heterocycles. The van der Waals surface area contributed by atoms with Crippen LogP contribution in [0.4, 0.5) is 0 Å². The summed E-state index contributed by atoms with van der Waals surface area (Å²) in [5, 5.41) is 4.27. The molecule has 2 rings (SSSR count). The largest absolute Gasteiger partial charge is 0.306 e. The lowest BCUT2D eigenvalue weighted by Crippen LogP contribution is -2.17. The van der Waals surface area contributed by atoms with Gasteiger partial charge in [-0.1, -0.05) is 51.8 Å². The van der Waals surface area contributed by atoms with E-state index < -0.39 is 0 Å². The van der Waals surface area contributed by atoms with Crippen molar-refractivity contribution in [3.63, 3.8) is 0 Å². The van der Waals surface area contributed by atoms with Crippen molar-refractivity contribution in [2.24, 2.45) is 0 Å². The van der Waals surface area contributed by atoms with E-state index in [2.05, 4.69) is 52.4 Å². The highest BCUT2D eigenvalue weighted by atomic mass is 79.9. The summed E-state index contributed by atoms with van der Waals surface area (Å²) in [6.07, 6.45) is 0. The van der Waals surface area contributed by atoms with E-state index in [1.54, 1.807) is 0 Å². The van der Waals surface area contributed by atoms with Crippen LogP contribution in [0.5, 0.6) is 0 Å². The normalized spacial score (nSPS) is 12.4. The van der Waals surface area contributed by atoms with Gasteiger partial charge in [-0.25, -0.2) is 0 Å². The third-order valence-corrected chi connectivity index (χ3v) is 3.68. The molecule has 0 spiro atoms. The summed E-state index contributed by atoms with van der Waals surface area (Å²) in [5.74, 6) is 0. The van der Waals surface area contributed by atoms with Gasteiger partial charge in [-0.15, -0.1) is 0 Å². The third-order valence-electron chi connectivity index (χ3n) is 2.90. The van der Waals surface area contributed by atoms with Gasteiger partial charge in [-0.2, -0.15) is 0 Å². The molecule has 0 saturated carbocycles. The first-order valence-electron chi connectivity index (χ1n) is 5.88. The van der Waals surface area contributed by atoms with Crippen molar-refractivity contribution < 1.29 is 0 Å². The average molecular weight is 325 g/mol. The second-order valence-electron chi connectivity index (χ2n) is 4.28. The van der Waals surface area contributed by atoms with Crippen LogP contribution >= 0.6 is 27.5 Å². The molecule has 94 valence electrons. The standard InChI is InChI=1S/C15H15BrClN/c1-11(13-4-6-14(16)7-5-13)18-10-12-2-8-15(17)9-3-12/h2-9,11,18H,10H2,1H3/t11-/m0/s1. The SMILES string of the molecule is C[C@H](NCc1ccc(Cl)cc1)c1ccc(Br)cc1. The molecule has 18 heavy (non-hydrogen) atoms. The molecular formula is C15H15BrClN. The Morgan fingerprint density at radius 3 is 2.28 bits per heavy atom. The van der Waals surface area contributed by atoms with Crippen LogP contribution in [0.25, 0.3) is 0 Å². The molecular weight excluding hydrogens is 310 g/mol. The Balaban J connectivity index is 1.93. The van der Waals surface area contributed by atoms with Gasteiger partial charge >= 0.3 is 0 Å². The number of hydrogen-bond acceptors (Lipinski definition) is 1. The second-order valence-corrected chi connectivity index (χ2v) is 5.63. The van der Waals surface area contributed by atoms with Crippen LogP contribution in [0.2, 0.25) is 5.02 Å². The highest BCUT2D eigenvalue weighted by Gasteiger charge is 2.04. The smallest absolute Gasteiger partial charge is 0.0406 e. The van der Waals surface area contributed by atoms with Crippen molar-refractivity contribution in [3.8, 4) is 0 Å². The maximum Gasteiger partial charge on any atom is 0.0406 e. The van der Waals surface area contributed by atoms with Crippen LogP contribution < -0.4 is 5.32 Å². The molecule has 0 amide bonds. The Hall–Kier alpha value is -0.830. The average Bonchev–Trinajstić information content (AvgIpc) is 2.38. The molecule has 2 aromatic rings. The van der Waals surface area contributed by atoms with E-state index >= 15 is 0 Å². The summed E-state index contributed by atoms with van der Waals surface area (Å²) < 4.78 is 1.11. The van der Waals surface area contributed by atoms with E-state index in [0.717, 1.165) is 16.0 Å². The van der Waals surface area contributed by atoms with Crippen molar-refractivity contribution in [2.45, 2.75) is 19.5 Å². The maximum absolute atomic E-state index is 5.86. The lowest BCUT2D eigenvalue weighted by Gasteiger charge is -2.14. The molecule has 0 fully saturated rings. The zero-order valence-corrected chi connectivity index (χ0v) is 12.5. The molecule has 0 heterocycles. The first-order valence-corrected chi connectivity index (χ1v) is 7.05. The zero-order chi connectivity index (χ0) is 13.0. The molecule has 1 nitrogen and oxygen atoms in total. The minimum atomic E-state index is 0.328. The molecule has 1 atom stereocenters. The van der Waals surface area contributed by atoms with Crippen LogP contribution in [-0.2, 0) is 6.54 Å². The number of rotatable bonds is 4. The fraction of sp³-hybridized carbons (Fsp3) is 0.200. The summed E-state index contributed by atoms with van der Waals surface area (Å²) in [7, 11) is 0. The summed E-state index contributed by atoms with van der Waals surface area (Å²) >= 11 is 9.30. The number of hydrogen-bond donors (Lipinski definition) is 1. The van der Waals surface area contributed by atoms with E-state index in [0.29, 0.717) is 6.04 Å². The Bertz CT molecular complexity index is 493. The van der Waals surface area contributed by atoms with Gasteiger partial charge in [0.25, 0.3) is 0 Å². The summed E-state index contributed by atoms with van der Waals surface area (Å²) in [6.45, 7) is 3.01. The van der Waals surface area contributed by atoms with Gasteiger partial charge < -0.3 is 5.32 Å². The first-order chi connectivity index (χ1) is 8.65. The van der Waals surface area contributed by atoms with Gasteiger partial charge in [-0.05, 0) is 42.3 Å². The van der Waals surface area contributed by atoms with E-state index in [1.165, 1.54) is 11.1 Å². The van der Waals surface area contributed by atoms with Crippen molar-refractivity contribution >= 4 is 27.5 Å². The predicted octanol–water partition coefficient (Wildman–Crippen LogP) is 4.95. The molecule has 1 N–H and O–H groups in total. The van der Waals surface area contributed by atoms with E-state index in [-0.39, 0.29) is 0 Å². The van der Waals surface area contributed by atoms with Gasteiger partial charge in [0.15, 0.2) is 0 Å². The summed E-state index contributed by atoms with van der Waals surface area (Å²) in [5.41, 5.74) is 2.52. The Labute approximate surface area is 121 Å². The molecule has 0 unspecified atom stereocenters. The molecule has 3 heteroatoms. The van der Waals surface area contributed by atoms with Crippen LogP contribution in [0, 0.1) is 0 Å². The quantitative estimate of drug-likeness (QED) is 0.838. The molecule has 0 radical (unpaired) electrons. The van der Waals surface area contributed by atoms with E-state index in [1.807, 2.05) is 24.3 Å². The van der Waals surface area contributed by atoms with Crippen molar-refractivity contribution in [1.82, 2.24) is 5.32 Å². The lowest BCUT2D eigenvalue weighted by molar-refractivity contribution is 0.574. The number of benzene rings is 2. The van der Waals surface area contributed by atoms with E-state index in [9.17, 15) is 0 Å².